The summed E-state index contributed by atoms with van der Waals surface area (Å²) in [5.74, 6) is -0.0263. The molecule has 0 aliphatic rings. The standard InChI is InChI=1S/C17H19BrClNO/c1-9-6-14(7-10(2)16(9)18)20-11(3)8-15(13(20)5)17(21)12(4)19/h6-8,12H,1-5H3. The van der Waals surface area contributed by atoms with Crippen LogP contribution in [0.25, 0.3) is 5.69 Å². The van der Waals surface area contributed by atoms with Gasteiger partial charge in [-0.3, -0.25) is 4.79 Å². The molecule has 2 aromatic rings. The molecule has 1 aromatic carbocycles. The highest BCUT2D eigenvalue weighted by atomic mass is 79.9. The van der Waals surface area contributed by atoms with Crippen molar-refractivity contribution in [3.8, 4) is 5.69 Å². The molecule has 1 atom stereocenters. The normalized spacial score (nSPS) is 12.5. The number of benzene rings is 1. The van der Waals surface area contributed by atoms with Crippen LogP contribution in [0.4, 0.5) is 0 Å². The van der Waals surface area contributed by atoms with Crippen LogP contribution in [0.5, 0.6) is 0 Å². The van der Waals surface area contributed by atoms with Crippen LogP contribution in [0.3, 0.4) is 0 Å². The van der Waals surface area contributed by atoms with E-state index in [2.05, 4.69) is 46.5 Å². The maximum absolute atomic E-state index is 12.2. The third-order valence-electron chi connectivity index (χ3n) is 3.74. The Labute approximate surface area is 139 Å². The highest BCUT2D eigenvalue weighted by Gasteiger charge is 2.20. The molecular formula is C17H19BrClNO. The smallest absolute Gasteiger partial charge is 0.182 e. The van der Waals surface area contributed by atoms with E-state index in [9.17, 15) is 4.79 Å². The lowest BCUT2D eigenvalue weighted by atomic mass is 10.1. The van der Waals surface area contributed by atoms with E-state index in [1.54, 1.807) is 6.92 Å². The highest BCUT2D eigenvalue weighted by molar-refractivity contribution is 9.10. The first kappa shape index (κ1) is 16.3. The second-order valence-corrected chi connectivity index (χ2v) is 6.94. The predicted molar refractivity (Wildman–Crippen MR) is 92.1 cm³/mol. The lowest BCUT2D eigenvalue weighted by Gasteiger charge is -2.13. The van der Waals surface area contributed by atoms with Crippen molar-refractivity contribution in [1.82, 2.24) is 4.57 Å². The minimum absolute atomic E-state index is 0.0263. The van der Waals surface area contributed by atoms with Crippen molar-refractivity contribution in [2.75, 3.05) is 0 Å². The first-order chi connectivity index (χ1) is 9.73. The number of ketones is 1. The Morgan fingerprint density at radius 1 is 1.14 bits per heavy atom. The van der Waals surface area contributed by atoms with Crippen molar-refractivity contribution < 1.29 is 4.79 Å². The maximum Gasteiger partial charge on any atom is 0.182 e. The molecule has 21 heavy (non-hydrogen) atoms. The van der Waals surface area contributed by atoms with E-state index in [-0.39, 0.29) is 5.78 Å². The summed E-state index contributed by atoms with van der Waals surface area (Å²) in [6.45, 7) is 9.83. The zero-order chi connectivity index (χ0) is 15.9. The van der Waals surface area contributed by atoms with Crippen LogP contribution >= 0.6 is 27.5 Å². The number of alkyl halides is 1. The van der Waals surface area contributed by atoms with E-state index < -0.39 is 5.38 Å². The minimum Gasteiger partial charge on any atom is -0.318 e. The number of hydrogen-bond donors (Lipinski definition) is 0. The summed E-state index contributed by atoms with van der Waals surface area (Å²) in [6, 6.07) is 6.16. The third kappa shape index (κ3) is 2.95. The van der Waals surface area contributed by atoms with Crippen molar-refractivity contribution in [3.63, 3.8) is 0 Å². The summed E-state index contributed by atoms with van der Waals surface area (Å²) in [5, 5.41) is -0.507. The summed E-state index contributed by atoms with van der Waals surface area (Å²) in [6.07, 6.45) is 0. The fourth-order valence-electron chi connectivity index (χ4n) is 2.68. The number of hydrogen-bond acceptors (Lipinski definition) is 1. The highest BCUT2D eigenvalue weighted by Crippen LogP contribution is 2.28. The van der Waals surface area contributed by atoms with Gasteiger partial charge in [0, 0.05) is 27.1 Å². The first-order valence-electron chi connectivity index (χ1n) is 6.88. The number of carbonyl (C=O) groups is 1. The van der Waals surface area contributed by atoms with E-state index in [0.29, 0.717) is 5.56 Å². The molecule has 1 unspecified atom stereocenters. The van der Waals surface area contributed by atoms with Crippen LogP contribution in [0.1, 0.15) is 39.8 Å². The van der Waals surface area contributed by atoms with Gasteiger partial charge in [-0.05, 0) is 63.9 Å². The monoisotopic (exact) mass is 367 g/mol. The topological polar surface area (TPSA) is 22.0 Å². The van der Waals surface area contributed by atoms with Gasteiger partial charge in [0.1, 0.15) is 0 Å². The zero-order valence-corrected chi connectivity index (χ0v) is 15.3. The first-order valence-corrected chi connectivity index (χ1v) is 8.11. The quantitative estimate of drug-likeness (QED) is 0.533. The SMILES string of the molecule is Cc1cc(-n2c(C)cc(C(=O)C(C)Cl)c2C)cc(C)c1Br. The van der Waals surface area contributed by atoms with E-state index in [0.717, 1.165) is 21.5 Å². The Morgan fingerprint density at radius 2 is 1.67 bits per heavy atom. The molecule has 0 N–H and O–H groups in total. The summed E-state index contributed by atoms with van der Waals surface area (Å²) < 4.78 is 3.23. The van der Waals surface area contributed by atoms with Gasteiger partial charge < -0.3 is 4.57 Å². The number of aryl methyl sites for hydroxylation is 3. The number of aromatic nitrogens is 1. The minimum atomic E-state index is -0.507. The summed E-state index contributed by atoms with van der Waals surface area (Å²) in [4.78, 5) is 12.2. The van der Waals surface area contributed by atoms with Crippen molar-refractivity contribution in [2.45, 2.75) is 40.0 Å². The van der Waals surface area contributed by atoms with Gasteiger partial charge in [-0.15, -0.1) is 11.6 Å². The molecule has 0 spiro atoms. The van der Waals surface area contributed by atoms with Crippen LogP contribution in [0.2, 0.25) is 0 Å². The Morgan fingerprint density at radius 3 is 2.14 bits per heavy atom. The van der Waals surface area contributed by atoms with Gasteiger partial charge in [-0.25, -0.2) is 0 Å². The Balaban J connectivity index is 2.63. The lowest BCUT2D eigenvalue weighted by Crippen LogP contribution is -2.11. The van der Waals surface area contributed by atoms with Gasteiger partial charge >= 0.3 is 0 Å². The number of carbonyl (C=O) groups excluding carboxylic acids is 1. The van der Waals surface area contributed by atoms with Crippen LogP contribution in [-0.2, 0) is 0 Å². The Bertz CT molecular complexity index is 693. The fourth-order valence-corrected chi connectivity index (χ4v) is 3.02. The molecule has 0 aliphatic heterocycles. The molecule has 0 bridgehead atoms. The summed E-state index contributed by atoms with van der Waals surface area (Å²) in [5.41, 5.74) is 6.10. The summed E-state index contributed by atoms with van der Waals surface area (Å²) >= 11 is 9.54. The molecule has 4 heteroatoms. The molecule has 0 saturated carbocycles. The van der Waals surface area contributed by atoms with E-state index in [4.69, 9.17) is 11.6 Å². The van der Waals surface area contributed by atoms with Crippen LogP contribution < -0.4 is 0 Å². The van der Waals surface area contributed by atoms with Gasteiger partial charge in [-0.2, -0.15) is 0 Å². The molecule has 2 nitrogen and oxygen atoms in total. The number of rotatable bonds is 3. The van der Waals surface area contributed by atoms with Crippen molar-refractivity contribution in [1.29, 1.82) is 0 Å². The van der Waals surface area contributed by atoms with Gasteiger partial charge in [-0.1, -0.05) is 15.9 Å². The average Bonchev–Trinajstić information content (AvgIpc) is 2.69. The molecule has 0 radical (unpaired) electrons. The molecular weight excluding hydrogens is 350 g/mol. The van der Waals surface area contributed by atoms with Crippen molar-refractivity contribution in [3.05, 3.63) is 50.8 Å². The fraction of sp³-hybridized carbons (Fsp3) is 0.353. The predicted octanol–water partition coefficient (Wildman–Crippen LogP) is 5.28. The van der Waals surface area contributed by atoms with Crippen molar-refractivity contribution in [2.24, 2.45) is 0 Å². The second-order valence-electron chi connectivity index (χ2n) is 5.49. The maximum atomic E-state index is 12.2. The Hall–Kier alpha value is -1.06. The largest absolute Gasteiger partial charge is 0.318 e. The Kier molecular flexibility index (Phi) is 4.64. The molecule has 0 aliphatic carbocycles. The van der Waals surface area contributed by atoms with Gasteiger partial charge in [0.15, 0.2) is 5.78 Å². The molecule has 1 aromatic heterocycles. The molecule has 112 valence electrons. The van der Waals surface area contributed by atoms with Crippen molar-refractivity contribution >= 4 is 33.3 Å². The second kappa shape index (κ2) is 5.98. The van der Waals surface area contributed by atoms with Gasteiger partial charge in [0.2, 0.25) is 0 Å². The van der Waals surface area contributed by atoms with Crippen LogP contribution in [0, 0.1) is 27.7 Å². The van der Waals surface area contributed by atoms with E-state index in [1.165, 1.54) is 11.1 Å². The lowest BCUT2D eigenvalue weighted by molar-refractivity contribution is 0.0991. The third-order valence-corrected chi connectivity index (χ3v) is 5.19. The molecule has 2 rings (SSSR count). The van der Waals surface area contributed by atoms with Crippen LogP contribution in [0.15, 0.2) is 22.7 Å². The zero-order valence-electron chi connectivity index (χ0n) is 12.9. The van der Waals surface area contributed by atoms with Crippen LogP contribution in [-0.4, -0.2) is 15.7 Å². The molecule has 0 amide bonds. The number of halogens is 2. The number of Topliss-reactive ketones (excluding diaryl/α,β-unsaturated/α-hetero) is 1. The van der Waals surface area contributed by atoms with E-state index in [1.807, 2.05) is 19.9 Å². The van der Waals surface area contributed by atoms with Gasteiger partial charge in [0.25, 0.3) is 0 Å². The van der Waals surface area contributed by atoms with Gasteiger partial charge in [0.05, 0.1) is 5.38 Å². The molecule has 0 fully saturated rings. The molecule has 1 heterocycles. The average molecular weight is 369 g/mol. The number of nitrogens with zero attached hydrogens (tertiary/aromatic N) is 1. The van der Waals surface area contributed by atoms with E-state index >= 15 is 0 Å². The molecule has 0 saturated heterocycles. The summed E-state index contributed by atoms with van der Waals surface area (Å²) in [7, 11) is 0.